The van der Waals surface area contributed by atoms with Gasteiger partial charge in [0.05, 0.1) is 0 Å². The minimum Gasteiger partial charge on any atom is -0.490 e. The van der Waals surface area contributed by atoms with E-state index in [1.54, 1.807) is 0 Å². The van der Waals surface area contributed by atoms with Gasteiger partial charge in [-0.3, -0.25) is 4.79 Å². The highest BCUT2D eigenvalue weighted by Gasteiger charge is 2.22. The van der Waals surface area contributed by atoms with E-state index in [4.69, 9.17) is 4.74 Å². The smallest absolute Gasteiger partial charge is 0.253 e. The van der Waals surface area contributed by atoms with E-state index in [9.17, 15) is 4.79 Å². The van der Waals surface area contributed by atoms with Gasteiger partial charge in [0.2, 0.25) is 0 Å². The third kappa shape index (κ3) is 7.05. The van der Waals surface area contributed by atoms with Crippen LogP contribution in [0.15, 0.2) is 54.6 Å². The number of likely N-dealkylation sites (tertiary alicyclic amines) is 2. The second-order valence-corrected chi connectivity index (χ2v) is 9.87. The molecule has 0 radical (unpaired) electrons. The van der Waals surface area contributed by atoms with Gasteiger partial charge in [0.15, 0.2) is 0 Å². The molecule has 0 aromatic heterocycles. The molecule has 0 spiro atoms. The van der Waals surface area contributed by atoms with Gasteiger partial charge in [-0.15, -0.1) is 0 Å². The second kappa shape index (κ2) is 11.7. The lowest BCUT2D eigenvalue weighted by Crippen LogP contribution is -2.40. The van der Waals surface area contributed by atoms with Crippen LogP contribution in [0.1, 0.15) is 41.6 Å². The largest absolute Gasteiger partial charge is 0.490 e. The van der Waals surface area contributed by atoms with Gasteiger partial charge in [0.1, 0.15) is 11.9 Å². The molecule has 0 saturated carbocycles. The van der Waals surface area contributed by atoms with E-state index in [2.05, 4.69) is 47.2 Å². The quantitative estimate of drug-likeness (QED) is 0.606. The lowest BCUT2D eigenvalue weighted by atomic mass is 9.98. The second-order valence-electron chi connectivity index (χ2n) is 9.87. The molecule has 2 aliphatic heterocycles. The van der Waals surface area contributed by atoms with Crippen molar-refractivity contribution in [2.45, 2.75) is 38.2 Å². The first kappa shape index (κ1) is 23.8. The van der Waals surface area contributed by atoms with Crippen LogP contribution in [0.4, 0.5) is 0 Å². The van der Waals surface area contributed by atoms with E-state index in [-0.39, 0.29) is 12.0 Å². The first-order valence-corrected chi connectivity index (χ1v) is 12.5. The molecule has 2 heterocycles. The van der Waals surface area contributed by atoms with Crippen molar-refractivity contribution in [3.63, 3.8) is 0 Å². The predicted molar refractivity (Wildman–Crippen MR) is 134 cm³/mol. The maximum Gasteiger partial charge on any atom is 0.253 e. The standard InChI is InChI=1S/C28H39N3O2/c1-29-17-6-9-24(21-29)22-30(2)28(32)25-10-12-26(13-11-25)33-27-15-19-31(20-16-27)18-14-23-7-4-3-5-8-23/h3-5,7-8,10-13,24,27H,6,9,14-22H2,1-2H3/t24-/m1/s1. The van der Waals surface area contributed by atoms with E-state index in [0.29, 0.717) is 5.92 Å². The number of rotatable bonds is 8. The monoisotopic (exact) mass is 449 g/mol. The summed E-state index contributed by atoms with van der Waals surface area (Å²) in [5.74, 6) is 1.53. The van der Waals surface area contributed by atoms with Crippen molar-refractivity contribution < 1.29 is 9.53 Å². The fraction of sp³-hybridized carbons (Fsp3) is 0.536. The number of ether oxygens (including phenoxy) is 1. The Bertz CT molecular complexity index is 862. The molecule has 0 N–H and O–H groups in total. The third-order valence-corrected chi connectivity index (χ3v) is 7.10. The highest BCUT2D eigenvalue weighted by molar-refractivity contribution is 5.94. The van der Waals surface area contributed by atoms with Gasteiger partial charge in [-0.1, -0.05) is 30.3 Å². The van der Waals surface area contributed by atoms with Gasteiger partial charge >= 0.3 is 0 Å². The topological polar surface area (TPSA) is 36.0 Å². The Morgan fingerprint density at radius 2 is 1.73 bits per heavy atom. The van der Waals surface area contributed by atoms with E-state index in [1.807, 2.05) is 36.2 Å². The van der Waals surface area contributed by atoms with Crippen molar-refractivity contribution in [3.05, 3.63) is 65.7 Å². The van der Waals surface area contributed by atoms with Crippen LogP contribution in [0.5, 0.6) is 5.75 Å². The van der Waals surface area contributed by atoms with Crippen LogP contribution in [0.25, 0.3) is 0 Å². The third-order valence-electron chi connectivity index (χ3n) is 7.10. The molecule has 33 heavy (non-hydrogen) atoms. The fourth-order valence-corrected chi connectivity index (χ4v) is 5.16. The van der Waals surface area contributed by atoms with Crippen LogP contribution in [0.2, 0.25) is 0 Å². The number of benzene rings is 2. The molecule has 0 bridgehead atoms. The lowest BCUT2D eigenvalue weighted by Gasteiger charge is -2.32. The molecule has 2 aromatic carbocycles. The van der Waals surface area contributed by atoms with Gasteiger partial charge in [0.25, 0.3) is 5.91 Å². The van der Waals surface area contributed by atoms with E-state index >= 15 is 0 Å². The van der Waals surface area contributed by atoms with Crippen LogP contribution < -0.4 is 4.74 Å². The van der Waals surface area contributed by atoms with Crippen LogP contribution in [-0.2, 0) is 6.42 Å². The zero-order chi connectivity index (χ0) is 23.0. The van der Waals surface area contributed by atoms with Gasteiger partial charge in [0, 0.05) is 45.3 Å². The summed E-state index contributed by atoms with van der Waals surface area (Å²) in [4.78, 5) is 19.7. The molecular weight excluding hydrogens is 410 g/mol. The Labute approximate surface area is 199 Å². The van der Waals surface area contributed by atoms with E-state index in [0.717, 1.165) is 63.3 Å². The fourth-order valence-electron chi connectivity index (χ4n) is 5.16. The van der Waals surface area contributed by atoms with Gasteiger partial charge in [-0.25, -0.2) is 0 Å². The Morgan fingerprint density at radius 1 is 1.00 bits per heavy atom. The molecule has 5 nitrogen and oxygen atoms in total. The number of carbonyl (C=O) groups is 1. The molecule has 2 aromatic rings. The average molecular weight is 450 g/mol. The van der Waals surface area contributed by atoms with Crippen molar-refractivity contribution in [3.8, 4) is 5.75 Å². The number of amides is 1. The summed E-state index contributed by atoms with van der Waals surface area (Å²) in [6.45, 7) is 6.34. The summed E-state index contributed by atoms with van der Waals surface area (Å²) < 4.78 is 6.24. The van der Waals surface area contributed by atoms with Crippen LogP contribution in [0.3, 0.4) is 0 Å². The molecular formula is C28H39N3O2. The molecule has 2 aliphatic rings. The van der Waals surface area contributed by atoms with Crippen molar-refractivity contribution in [1.82, 2.24) is 14.7 Å². The molecule has 2 fully saturated rings. The summed E-state index contributed by atoms with van der Waals surface area (Å²) in [6.07, 6.45) is 5.89. The highest BCUT2D eigenvalue weighted by Crippen LogP contribution is 2.21. The molecule has 5 heteroatoms. The number of hydrogen-bond acceptors (Lipinski definition) is 4. The summed E-state index contributed by atoms with van der Waals surface area (Å²) in [7, 11) is 4.09. The van der Waals surface area contributed by atoms with Crippen molar-refractivity contribution in [1.29, 1.82) is 0 Å². The summed E-state index contributed by atoms with van der Waals surface area (Å²) >= 11 is 0. The molecule has 1 atom stereocenters. The zero-order valence-corrected chi connectivity index (χ0v) is 20.3. The van der Waals surface area contributed by atoms with Crippen molar-refractivity contribution >= 4 is 5.91 Å². The maximum absolute atomic E-state index is 12.9. The van der Waals surface area contributed by atoms with Gasteiger partial charge in [-0.05, 0) is 81.4 Å². The Balaban J connectivity index is 1.20. The van der Waals surface area contributed by atoms with Gasteiger partial charge < -0.3 is 19.4 Å². The van der Waals surface area contributed by atoms with Gasteiger partial charge in [-0.2, -0.15) is 0 Å². The van der Waals surface area contributed by atoms with Crippen LogP contribution in [-0.4, -0.2) is 80.1 Å². The number of piperidine rings is 2. The molecule has 178 valence electrons. The van der Waals surface area contributed by atoms with Crippen molar-refractivity contribution in [2.24, 2.45) is 5.92 Å². The first-order chi connectivity index (χ1) is 16.1. The average Bonchev–Trinajstić information content (AvgIpc) is 2.84. The summed E-state index contributed by atoms with van der Waals surface area (Å²) in [5.41, 5.74) is 2.15. The van der Waals surface area contributed by atoms with E-state index in [1.165, 1.54) is 24.9 Å². The Morgan fingerprint density at radius 3 is 2.42 bits per heavy atom. The molecule has 4 rings (SSSR count). The number of nitrogens with zero attached hydrogens (tertiary/aromatic N) is 3. The SMILES string of the molecule is CN1CCC[C@@H](CN(C)C(=O)c2ccc(OC3CCN(CCc4ccccc4)CC3)cc2)C1. The van der Waals surface area contributed by atoms with E-state index < -0.39 is 0 Å². The normalized spacial score (nSPS) is 20.5. The molecule has 0 aliphatic carbocycles. The zero-order valence-electron chi connectivity index (χ0n) is 20.3. The number of hydrogen-bond donors (Lipinski definition) is 0. The predicted octanol–water partition coefficient (Wildman–Crippen LogP) is 4.19. The number of carbonyl (C=O) groups excluding carboxylic acids is 1. The molecule has 0 unspecified atom stereocenters. The van der Waals surface area contributed by atoms with Crippen molar-refractivity contribution in [2.75, 3.05) is 53.4 Å². The Kier molecular flexibility index (Phi) is 8.40. The minimum atomic E-state index is 0.0986. The van der Waals surface area contributed by atoms with Crippen LogP contribution in [0, 0.1) is 5.92 Å². The molecule has 1 amide bonds. The summed E-state index contributed by atoms with van der Waals surface area (Å²) in [5, 5.41) is 0. The lowest BCUT2D eigenvalue weighted by molar-refractivity contribution is 0.0740. The first-order valence-electron chi connectivity index (χ1n) is 12.5. The maximum atomic E-state index is 12.9. The Hall–Kier alpha value is -2.37. The highest BCUT2D eigenvalue weighted by atomic mass is 16.5. The summed E-state index contributed by atoms with van der Waals surface area (Å²) in [6, 6.07) is 18.4. The minimum absolute atomic E-state index is 0.0986. The van der Waals surface area contributed by atoms with Crippen LogP contribution >= 0.6 is 0 Å². The molecule has 2 saturated heterocycles.